The predicted molar refractivity (Wildman–Crippen MR) is 116 cm³/mol. The lowest BCUT2D eigenvalue weighted by molar-refractivity contribution is -0.120. The van der Waals surface area contributed by atoms with Gasteiger partial charge in [-0.15, -0.1) is 0 Å². The molecule has 0 radical (unpaired) electrons. The fraction of sp³-hybridized carbons (Fsp3) is 0.190. The Hall–Kier alpha value is -3.19. The van der Waals surface area contributed by atoms with E-state index in [2.05, 4.69) is 46.1 Å². The zero-order chi connectivity index (χ0) is 19.7. The smallest absolute Gasteiger partial charge is 0.244 e. The van der Waals surface area contributed by atoms with Gasteiger partial charge in [0.1, 0.15) is 0 Å². The molecule has 0 bridgehead atoms. The van der Waals surface area contributed by atoms with Gasteiger partial charge in [-0.3, -0.25) is 4.79 Å². The lowest BCUT2D eigenvalue weighted by Gasteiger charge is -2.03. The predicted octanol–water partition coefficient (Wildman–Crippen LogP) is 3.85. The Morgan fingerprint density at radius 3 is 2.96 bits per heavy atom. The molecule has 0 fully saturated rings. The summed E-state index contributed by atoms with van der Waals surface area (Å²) in [5.41, 5.74) is 13.5. The molecular weight excluding hydrogens is 370 g/mol. The fourth-order valence-electron chi connectivity index (χ4n) is 3.52. The first-order valence-electron chi connectivity index (χ1n) is 9.11. The third-order valence-electron chi connectivity index (χ3n) is 4.81. The van der Waals surface area contributed by atoms with Crippen LogP contribution in [0.15, 0.2) is 47.6 Å². The second kappa shape index (κ2) is 7.44. The summed E-state index contributed by atoms with van der Waals surface area (Å²) in [6.07, 6.45) is 1.98. The van der Waals surface area contributed by atoms with E-state index in [1.165, 1.54) is 16.9 Å². The molecule has 0 saturated carbocycles. The molecule has 0 aliphatic carbocycles. The third-order valence-corrected chi connectivity index (χ3v) is 5.66. The van der Waals surface area contributed by atoms with Crippen LogP contribution in [0.2, 0.25) is 0 Å². The Kier molecular flexibility index (Phi) is 4.83. The maximum Gasteiger partial charge on any atom is 0.244 e. The van der Waals surface area contributed by atoms with Gasteiger partial charge in [-0.1, -0.05) is 35.6 Å². The minimum Gasteiger partial charge on any atom is -0.375 e. The number of nitrogens with two attached hydrogens (primary N) is 1. The van der Waals surface area contributed by atoms with E-state index in [0.717, 1.165) is 39.0 Å². The number of benzene rings is 2. The number of nitrogens with zero attached hydrogens (tertiary/aromatic N) is 3. The van der Waals surface area contributed by atoms with Gasteiger partial charge in [-0.05, 0) is 37.6 Å². The Morgan fingerprint density at radius 1 is 1.32 bits per heavy atom. The van der Waals surface area contributed by atoms with Gasteiger partial charge >= 0.3 is 0 Å². The second-order valence-electron chi connectivity index (χ2n) is 6.58. The van der Waals surface area contributed by atoms with E-state index < -0.39 is 0 Å². The molecule has 0 saturated heterocycles. The molecule has 28 heavy (non-hydrogen) atoms. The summed E-state index contributed by atoms with van der Waals surface area (Å²) >= 11 is 1.42. The molecule has 0 aliphatic heterocycles. The van der Waals surface area contributed by atoms with Crippen molar-refractivity contribution in [1.29, 1.82) is 0 Å². The highest BCUT2D eigenvalue weighted by Crippen LogP contribution is 2.25. The molecule has 2 aromatic heterocycles. The second-order valence-corrected chi connectivity index (χ2v) is 7.65. The van der Waals surface area contributed by atoms with E-state index in [9.17, 15) is 4.79 Å². The summed E-state index contributed by atoms with van der Waals surface area (Å²) in [6.45, 7) is 5.08. The van der Waals surface area contributed by atoms with Crippen LogP contribution in [0.1, 0.15) is 23.7 Å². The number of para-hydroxylation sites is 1. The van der Waals surface area contributed by atoms with Crippen LogP contribution in [0.4, 0.5) is 5.13 Å². The van der Waals surface area contributed by atoms with Crippen molar-refractivity contribution in [2.45, 2.75) is 26.8 Å². The number of thiazole rings is 1. The molecule has 0 spiro atoms. The summed E-state index contributed by atoms with van der Waals surface area (Å²) in [6, 6.07) is 14.0. The quantitative estimate of drug-likeness (QED) is 0.400. The number of anilines is 1. The molecule has 6 nitrogen and oxygen atoms in total. The number of fused-ring (bicyclic) bond motifs is 2. The molecule has 2 heterocycles. The highest BCUT2D eigenvalue weighted by molar-refractivity contribution is 7.22. The molecule has 0 atom stereocenters. The average Bonchev–Trinajstić information content (AvgIpc) is 3.17. The maximum atomic E-state index is 12.3. The normalized spacial score (nSPS) is 11.6. The van der Waals surface area contributed by atoms with E-state index in [-0.39, 0.29) is 12.3 Å². The number of carbonyl (C=O) groups is 1. The van der Waals surface area contributed by atoms with Crippen molar-refractivity contribution in [3.05, 3.63) is 59.3 Å². The summed E-state index contributed by atoms with van der Waals surface area (Å²) in [5.74, 6) is -0.162. The number of rotatable bonds is 5. The van der Waals surface area contributed by atoms with E-state index >= 15 is 0 Å². The van der Waals surface area contributed by atoms with Crippen LogP contribution in [0.25, 0.3) is 21.1 Å². The molecule has 2 aromatic carbocycles. The first-order chi connectivity index (χ1) is 13.6. The van der Waals surface area contributed by atoms with Gasteiger partial charge in [-0.2, -0.15) is 5.10 Å². The van der Waals surface area contributed by atoms with E-state index in [0.29, 0.717) is 5.13 Å². The van der Waals surface area contributed by atoms with Crippen molar-refractivity contribution in [1.82, 2.24) is 15.0 Å². The average molecular weight is 392 g/mol. The standard InChI is InChI=1S/C21H21N5OS/c1-3-26-13(2)16(15-6-4-5-7-18(15)26)12-23-25-20(27)11-14-8-9-17-19(10-14)28-21(22)24-17/h4-10,12H,3,11H2,1-2H3,(H2,22,24)(H,25,27)/b23-12-. The minimum absolute atomic E-state index is 0.162. The number of nitrogens with one attached hydrogen (secondary N) is 1. The number of amides is 1. The van der Waals surface area contributed by atoms with Crippen molar-refractivity contribution in [3.8, 4) is 0 Å². The largest absolute Gasteiger partial charge is 0.375 e. The van der Waals surface area contributed by atoms with E-state index in [1.807, 2.05) is 30.3 Å². The fourth-order valence-corrected chi connectivity index (χ4v) is 4.32. The minimum atomic E-state index is -0.162. The molecule has 0 aliphatic rings. The Bertz CT molecular complexity index is 1200. The lowest BCUT2D eigenvalue weighted by Crippen LogP contribution is -2.19. The molecule has 0 unspecified atom stereocenters. The summed E-state index contributed by atoms with van der Waals surface area (Å²) in [7, 11) is 0. The van der Waals surface area contributed by atoms with E-state index in [4.69, 9.17) is 5.73 Å². The van der Waals surface area contributed by atoms with Crippen molar-refractivity contribution in [2.24, 2.45) is 5.10 Å². The number of hydrogen-bond donors (Lipinski definition) is 2. The number of hydrogen-bond acceptors (Lipinski definition) is 5. The van der Waals surface area contributed by atoms with Crippen LogP contribution >= 0.6 is 11.3 Å². The van der Waals surface area contributed by atoms with Crippen LogP contribution in [0.3, 0.4) is 0 Å². The van der Waals surface area contributed by atoms with Gasteiger partial charge in [0.25, 0.3) is 0 Å². The van der Waals surface area contributed by atoms with Crippen molar-refractivity contribution in [3.63, 3.8) is 0 Å². The van der Waals surface area contributed by atoms with Crippen LogP contribution in [-0.4, -0.2) is 21.7 Å². The van der Waals surface area contributed by atoms with Crippen molar-refractivity contribution < 1.29 is 4.79 Å². The van der Waals surface area contributed by atoms with Crippen molar-refractivity contribution in [2.75, 3.05) is 5.73 Å². The van der Waals surface area contributed by atoms with Crippen LogP contribution in [-0.2, 0) is 17.8 Å². The highest BCUT2D eigenvalue weighted by Gasteiger charge is 2.11. The zero-order valence-electron chi connectivity index (χ0n) is 15.8. The van der Waals surface area contributed by atoms with Gasteiger partial charge in [0.15, 0.2) is 5.13 Å². The molecule has 1 amide bonds. The first-order valence-corrected chi connectivity index (χ1v) is 9.93. The van der Waals surface area contributed by atoms with Crippen LogP contribution in [0, 0.1) is 6.92 Å². The van der Waals surface area contributed by atoms with Crippen LogP contribution in [0.5, 0.6) is 0 Å². The SMILES string of the molecule is CCn1c(C)c(/C=N\NC(=O)Cc2ccc3nc(N)sc3c2)c2ccccc21. The van der Waals surface area contributed by atoms with Gasteiger partial charge < -0.3 is 10.3 Å². The van der Waals surface area contributed by atoms with Gasteiger partial charge in [0.05, 0.1) is 22.9 Å². The number of aryl methyl sites for hydroxylation is 1. The Balaban J connectivity index is 1.49. The Morgan fingerprint density at radius 2 is 2.14 bits per heavy atom. The molecule has 7 heteroatoms. The summed E-state index contributed by atoms with van der Waals surface area (Å²) < 4.78 is 3.23. The summed E-state index contributed by atoms with van der Waals surface area (Å²) in [5, 5.41) is 5.86. The number of hydrazone groups is 1. The Labute approximate surface area is 166 Å². The monoisotopic (exact) mass is 391 g/mol. The van der Waals surface area contributed by atoms with Gasteiger partial charge in [0.2, 0.25) is 5.91 Å². The van der Waals surface area contributed by atoms with Gasteiger partial charge in [0, 0.05) is 28.7 Å². The van der Waals surface area contributed by atoms with Gasteiger partial charge in [-0.25, -0.2) is 10.4 Å². The van der Waals surface area contributed by atoms with E-state index in [1.54, 1.807) is 6.21 Å². The maximum absolute atomic E-state index is 12.3. The van der Waals surface area contributed by atoms with Crippen LogP contribution < -0.4 is 11.2 Å². The third kappa shape index (κ3) is 3.36. The van der Waals surface area contributed by atoms with Crippen molar-refractivity contribution >= 4 is 49.7 Å². The molecule has 3 N–H and O–H groups in total. The highest BCUT2D eigenvalue weighted by atomic mass is 32.1. The molecule has 142 valence electrons. The number of aromatic nitrogens is 2. The lowest BCUT2D eigenvalue weighted by atomic mass is 10.1. The zero-order valence-corrected chi connectivity index (χ0v) is 16.6. The molecule has 4 rings (SSSR count). The molecule has 4 aromatic rings. The number of carbonyl (C=O) groups excluding carboxylic acids is 1. The molecular formula is C21H21N5OS. The summed E-state index contributed by atoms with van der Waals surface area (Å²) in [4.78, 5) is 16.5. The topological polar surface area (TPSA) is 85.3 Å². The number of nitrogen functional groups attached to an aromatic ring is 1. The first kappa shape index (κ1) is 18.2.